The van der Waals surface area contributed by atoms with Crippen molar-refractivity contribution in [2.45, 2.75) is 71.4 Å². The summed E-state index contributed by atoms with van der Waals surface area (Å²) in [6.45, 7) is 5.70. The van der Waals surface area contributed by atoms with Crippen LogP contribution in [0.15, 0.2) is 36.4 Å². The number of rotatable bonds is 8. The molecule has 3 rings (SSSR count). The highest BCUT2D eigenvalue weighted by Crippen LogP contribution is 2.29. The fourth-order valence-electron chi connectivity index (χ4n) is 4.44. The fraction of sp³-hybridized carbons (Fsp3) is 0.480. The summed E-state index contributed by atoms with van der Waals surface area (Å²) < 4.78 is 26.6. The van der Waals surface area contributed by atoms with Crippen molar-refractivity contribution in [2.24, 2.45) is 0 Å². The van der Waals surface area contributed by atoms with Crippen molar-refractivity contribution in [2.75, 3.05) is 10.6 Å². The van der Waals surface area contributed by atoms with E-state index in [0.717, 1.165) is 36.6 Å². The number of carbonyl (C=O) groups is 1. The SMILES string of the molecule is CC[C@H](NC(=O)[C@@H](CC)N(c1ccc(C)c(Cl)c1)S(C)(=O)=O)c1ccc2c(c1)CCCC2. The van der Waals surface area contributed by atoms with Crippen LogP contribution >= 0.6 is 11.6 Å². The number of hydrogen-bond donors (Lipinski definition) is 1. The third kappa shape index (κ3) is 5.46. The summed E-state index contributed by atoms with van der Waals surface area (Å²) >= 11 is 6.26. The van der Waals surface area contributed by atoms with Crippen LogP contribution in [0.5, 0.6) is 0 Å². The average molecular weight is 477 g/mol. The van der Waals surface area contributed by atoms with Crippen LogP contribution < -0.4 is 9.62 Å². The summed E-state index contributed by atoms with van der Waals surface area (Å²) in [6.07, 6.45) is 6.78. The number of fused-ring (bicyclic) bond motifs is 1. The molecule has 1 amide bonds. The van der Waals surface area contributed by atoms with E-state index in [2.05, 4.69) is 23.5 Å². The van der Waals surface area contributed by atoms with Gasteiger partial charge in [0.2, 0.25) is 15.9 Å². The number of nitrogens with zero attached hydrogens (tertiary/aromatic N) is 1. The van der Waals surface area contributed by atoms with Gasteiger partial charge in [0, 0.05) is 5.02 Å². The molecule has 1 aliphatic rings. The number of halogens is 1. The van der Waals surface area contributed by atoms with Crippen LogP contribution in [0.1, 0.15) is 67.8 Å². The Morgan fingerprint density at radius 2 is 1.75 bits per heavy atom. The minimum atomic E-state index is -3.71. The van der Waals surface area contributed by atoms with E-state index < -0.39 is 16.1 Å². The Labute approximate surface area is 197 Å². The number of aryl methyl sites for hydroxylation is 3. The van der Waals surface area contributed by atoms with Gasteiger partial charge in [-0.2, -0.15) is 0 Å². The largest absolute Gasteiger partial charge is 0.347 e. The van der Waals surface area contributed by atoms with E-state index in [1.165, 1.54) is 28.3 Å². The van der Waals surface area contributed by atoms with E-state index >= 15 is 0 Å². The molecular formula is C25H33ClN2O3S. The molecule has 1 N–H and O–H groups in total. The first kappa shape index (κ1) is 24.6. The van der Waals surface area contributed by atoms with E-state index in [4.69, 9.17) is 11.6 Å². The number of amides is 1. The van der Waals surface area contributed by atoms with Crippen LogP contribution in [-0.4, -0.2) is 26.6 Å². The molecule has 0 saturated carbocycles. The quantitative estimate of drug-likeness (QED) is 0.559. The lowest BCUT2D eigenvalue weighted by atomic mass is 9.88. The highest BCUT2D eigenvalue weighted by Gasteiger charge is 2.33. The first-order valence-electron chi connectivity index (χ1n) is 11.3. The van der Waals surface area contributed by atoms with Crippen LogP contribution in [-0.2, 0) is 27.7 Å². The Bertz CT molecular complexity index is 1080. The zero-order valence-corrected chi connectivity index (χ0v) is 20.9. The standard InChI is InChI=1S/C25H33ClN2O3S/c1-5-23(20-13-12-18-9-7-8-10-19(18)15-20)27-25(29)24(6-2)28(32(4,30)31)21-14-11-17(3)22(26)16-21/h11-16,23-24H,5-10H2,1-4H3,(H,27,29)/t23-,24+/m0/s1. The van der Waals surface area contributed by atoms with Gasteiger partial charge in [0.25, 0.3) is 0 Å². The molecule has 5 nitrogen and oxygen atoms in total. The van der Waals surface area contributed by atoms with Crippen LogP contribution in [0.4, 0.5) is 5.69 Å². The Morgan fingerprint density at radius 3 is 2.34 bits per heavy atom. The lowest BCUT2D eigenvalue weighted by Crippen LogP contribution is -2.50. The second kappa shape index (κ2) is 10.3. The molecule has 0 fully saturated rings. The van der Waals surface area contributed by atoms with Gasteiger partial charge in [-0.25, -0.2) is 8.42 Å². The first-order chi connectivity index (χ1) is 15.2. The fourth-order valence-corrected chi connectivity index (χ4v) is 5.82. The molecular weight excluding hydrogens is 444 g/mol. The molecule has 0 bridgehead atoms. The third-order valence-corrected chi connectivity index (χ3v) is 7.83. The number of hydrogen-bond acceptors (Lipinski definition) is 3. The summed E-state index contributed by atoms with van der Waals surface area (Å²) in [7, 11) is -3.71. The third-order valence-electron chi connectivity index (χ3n) is 6.24. The Hall–Kier alpha value is -2.05. The maximum Gasteiger partial charge on any atom is 0.244 e. The van der Waals surface area contributed by atoms with Crippen molar-refractivity contribution >= 4 is 33.2 Å². The highest BCUT2D eigenvalue weighted by molar-refractivity contribution is 7.92. The monoisotopic (exact) mass is 476 g/mol. The van der Waals surface area contributed by atoms with Crippen molar-refractivity contribution < 1.29 is 13.2 Å². The van der Waals surface area contributed by atoms with Gasteiger partial charge >= 0.3 is 0 Å². The van der Waals surface area contributed by atoms with Crippen molar-refractivity contribution in [3.05, 3.63) is 63.7 Å². The van der Waals surface area contributed by atoms with Crippen molar-refractivity contribution in [1.82, 2.24) is 5.32 Å². The predicted molar refractivity (Wildman–Crippen MR) is 132 cm³/mol. The topological polar surface area (TPSA) is 66.5 Å². The average Bonchev–Trinajstić information content (AvgIpc) is 2.76. The van der Waals surface area contributed by atoms with Gasteiger partial charge in [-0.15, -0.1) is 0 Å². The second-order valence-corrected chi connectivity index (χ2v) is 10.9. The van der Waals surface area contributed by atoms with Crippen molar-refractivity contribution in [1.29, 1.82) is 0 Å². The molecule has 1 aliphatic carbocycles. The highest BCUT2D eigenvalue weighted by atomic mass is 35.5. The number of nitrogens with one attached hydrogen (secondary N) is 1. The normalized spacial score (nSPS) is 15.5. The molecule has 0 saturated heterocycles. The summed E-state index contributed by atoms with van der Waals surface area (Å²) in [5, 5.41) is 3.58. The zero-order chi connectivity index (χ0) is 23.5. The van der Waals surface area contributed by atoms with E-state index in [1.54, 1.807) is 18.2 Å². The smallest absolute Gasteiger partial charge is 0.244 e. The van der Waals surface area contributed by atoms with E-state index in [0.29, 0.717) is 17.1 Å². The van der Waals surface area contributed by atoms with Crippen LogP contribution in [0, 0.1) is 6.92 Å². The van der Waals surface area contributed by atoms with Crippen LogP contribution in [0.2, 0.25) is 5.02 Å². The zero-order valence-electron chi connectivity index (χ0n) is 19.3. The Balaban J connectivity index is 1.89. The van der Waals surface area contributed by atoms with Gasteiger partial charge in [-0.3, -0.25) is 9.10 Å². The van der Waals surface area contributed by atoms with Gasteiger partial charge in [0.15, 0.2) is 0 Å². The van der Waals surface area contributed by atoms with Gasteiger partial charge in [0.1, 0.15) is 6.04 Å². The number of sulfonamides is 1. The lowest BCUT2D eigenvalue weighted by molar-refractivity contribution is -0.123. The summed E-state index contributed by atoms with van der Waals surface area (Å²) in [5.74, 6) is -0.306. The summed E-state index contributed by atoms with van der Waals surface area (Å²) in [6, 6.07) is 10.5. The minimum absolute atomic E-state index is 0.174. The van der Waals surface area contributed by atoms with Crippen LogP contribution in [0.3, 0.4) is 0 Å². The minimum Gasteiger partial charge on any atom is -0.347 e. The van der Waals surface area contributed by atoms with Gasteiger partial charge in [0.05, 0.1) is 18.0 Å². The number of carbonyl (C=O) groups excluding carboxylic acids is 1. The molecule has 0 spiro atoms. The Kier molecular flexibility index (Phi) is 7.88. The molecule has 0 aromatic heterocycles. The molecule has 174 valence electrons. The second-order valence-electron chi connectivity index (χ2n) is 8.62. The molecule has 0 aliphatic heterocycles. The molecule has 2 atom stereocenters. The number of benzene rings is 2. The maximum absolute atomic E-state index is 13.4. The van der Waals surface area contributed by atoms with Crippen molar-refractivity contribution in [3.63, 3.8) is 0 Å². The molecule has 32 heavy (non-hydrogen) atoms. The van der Waals surface area contributed by atoms with Gasteiger partial charge in [-0.05, 0) is 79.8 Å². The Morgan fingerprint density at radius 1 is 1.06 bits per heavy atom. The molecule has 2 aromatic rings. The molecule has 0 radical (unpaired) electrons. The van der Waals surface area contributed by atoms with E-state index in [9.17, 15) is 13.2 Å². The molecule has 0 unspecified atom stereocenters. The van der Waals surface area contributed by atoms with Gasteiger partial charge < -0.3 is 5.32 Å². The van der Waals surface area contributed by atoms with E-state index in [1.807, 2.05) is 20.8 Å². The summed E-state index contributed by atoms with van der Waals surface area (Å²) in [4.78, 5) is 13.4. The molecule has 7 heteroatoms. The maximum atomic E-state index is 13.4. The van der Waals surface area contributed by atoms with Crippen LogP contribution in [0.25, 0.3) is 0 Å². The van der Waals surface area contributed by atoms with E-state index in [-0.39, 0.29) is 11.9 Å². The lowest BCUT2D eigenvalue weighted by Gasteiger charge is -2.32. The predicted octanol–water partition coefficient (Wildman–Crippen LogP) is 5.34. The molecule has 0 heterocycles. The number of anilines is 1. The van der Waals surface area contributed by atoms with Gasteiger partial charge in [-0.1, -0.05) is 49.7 Å². The summed E-state index contributed by atoms with van der Waals surface area (Å²) in [5.41, 5.74) is 5.07. The van der Waals surface area contributed by atoms with Crippen molar-refractivity contribution in [3.8, 4) is 0 Å². The first-order valence-corrected chi connectivity index (χ1v) is 13.6. The molecule has 2 aromatic carbocycles.